The molecule has 2 N–H and O–H groups in total. The van der Waals surface area contributed by atoms with Crippen molar-refractivity contribution in [3.8, 4) is 0 Å². The number of nitrogens with one attached hydrogen (secondary N) is 2. The Balaban J connectivity index is 2.41. The summed E-state index contributed by atoms with van der Waals surface area (Å²) < 4.78 is 14.0. The molecule has 1 atom stereocenters. The zero-order valence-electron chi connectivity index (χ0n) is 7.38. The average molecular weight is 273 g/mol. The topological polar surface area (TPSA) is 58.2 Å². The molecular formula is C9H6BrFN2O2. The molecule has 1 aromatic rings. The Morgan fingerprint density at radius 2 is 2.07 bits per heavy atom. The maximum Gasteiger partial charge on any atom is 0.322 e. The first kappa shape index (κ1) is 10.1. The van der Waals surface area contributed by atoms with E-state index in [1.807, 2.05) is 5.32 Å². The van der Waals surface area contributed by atoms with Crippen molar-refractivity contribution >= 4 is 27.9 Å². The number of rotatable bonds is 1. The molecule has 4 nitrogen and oxygen atoms in total. The lowest BCUT2D eigenvalue weighted by molar-refractivity contribution is -0.120. The summed E-state index contributed by atoms with van der Waals surface area (Å²) in [6, 6.07) is 2.66. The predicted octanol–water partition coefficient (Wildman–Crippen LogP) is 1.47. The highest BCUT2D eigenvalue weighted by atomic mass is 79.9. The van der Waals surface area contributed by atoms with E-state index in [9.17, 15) is 14.0 Å². The quantitative estimate of drug-likeness (QED) is 0.761. The standard InChI is InChI=1S/C9H6BrFN2O2/c10-4-1-2-6(11)5(3-4)7-8(14)13-9(15)12-7/h1-3,7H,(H2,12,13,14,15)/t7-/m1/s1. The summed E-state index contributed by atoms with van der Waals surface area (Å²) >= 11 is 3.17. The third kappa shape index (κ3) is 1.85. The smallest absolute Gasteiger partial charge is 0.322 e. The molecule has 2 rings (SSSR count). The van der Waals surface area contributed by atoms with E-state index in [0.717, 1.165) is 0 Å². The van der Waals surface area contributed by atoms with Gasteiger partial charge in [0.25, 0.3) is 5.91 Å². The molecule has 1 heterocycles. The van der Waals surface area contributed by atoms with Gasteiger partial charge >= 0.3 is 6.03 Å². The van der Waals surface area contributed by atoms with E-state index < -0.39 is 23.8 Å². The fraction of sp³-hybridized carbons (Fsp3) is 0.111. The number of hydrogen-bond donors (Lipinski definition) is 2. The Kier molecular flexibility index (Phi) is 2.44. The fourth-order valence-electron chi connectivity index (χ4n) is 1.37. The molecule has 6 heteroatoms. The van der Waals surface area contributed by atoms with Crippen LogP contribution in [0.25, 0.3) is 0 Å². The van der Waals surface area contributed by atoms with Crippen molar-refractivity contribution in [1.82, 2.24) is 10.6 Å². The van der Waals surface area contributed by atoms with Crippen LogP contribution in [0.2, 0.25) is 0 Å². The van der Waals surface area contributed by atoms with Gasteiger partial charge in [-0.2, -0.15) is 0 Å². The largest absolute Gasteiger partial charge is 0.322 e. The van der Waals surface area contributed by atoms with Gasteiger partial charge in [-0.05, 0) is 18.2 Å². The van der Waals surface area contributed by atoms with Crippen LogP contribution in [-0.2, 0) is 4.79 Å². The minimum Gasteiger partial charge on any atom is -0.322 e. The van der Waals surface area contributed by atoms with Gasteiger partial charge in [0.05, 0.1) is 0 Å². The molecule has 0 aromatic heterocycles. The lowest BCUT2D eigenvalue weighted by Gasteiger charge is -2.08. The second-order valence-electron chi connectivity index (χ2n) is 3.06. The van der Waals surface area contributed by atoms with E-state index >= 15 is 0 Å². The summed E-state index contributed by atoms with van der Waals surface area (Å²) in [5, 5.41) is 4.37. The summed E-state index contributed by atoms with van der Waals surface area (Å²) in [6.45, 7) is 0. The summed E-state index contributed by atoms with van der Waals surface area (Å²) in [4.78, 5) is 22.1. The van der Waals surface area contributed by atoms with Gasteiger partial charge in [-0.25, -0.2) is 9.18 Å². The van der Waals surface area contributed by atoms with E-state index in [1.165, 1.54) is 18.2 Å². The number of carbonyl (C=O) groups excluding carboxylic acids is 2. The highest BCUT2D eigenvalue weighted by Gasteiger charge is 2.32. The minimum atomic E-state index is -0.949. The first-order chi connectivity index (χ1) is 7.08. The number of benzene rings is 1. The Hall–Kier alpha value is -1.43. The molecule has 0 bridgehead atoms. The maximum atomic E-state index is 13.4. The molecule has 3 amide bonds. The second kappa shape index (κ2) is 3.62. The first-order valence-corrected chi connectivity index (χ1v) is 4.93. The number of hydrogen-bond acceptors (Lipinski definition) is 2. The van der Waals surface area contributed by atoms with Crippen LogP contribution in [0.15, 0.2) is 22.7 Å². The van der Waals surface area contributed by atoms with Crippen LogP contribution in [0.5, 0.6) is 0 Å². The molecule has 0 spiro atoms. The number of carbonyl (C=O) groups is 2. The fourth-order valence-corrected chi connectivity index (χ4v) is 1.75. The second-order valence-corrected chi connectivity index (χ2v) is 3.98. The molecule has 1 fully saturated rings. The molecule has 1 saturated heterocycles. The van der Waals surface area contributed by atoms with Gasteiger partial charge in [0, 0.05) is 10.0 Å². The Morgan fingerprint density at radius 1 is 1.33 bits per heavy atom. The maximum absolute atomic E-state index is 13.4. The molecule has 0 radical (unpaired) electrons. The predicted molar refractivity (Wildman–Crippen MR) is 53.5 cm³/mol. The molecule has 0 aliphatic carbocycles. The monoisotopic (exact) mass is 272 g/mol. The molecule has 0 saturated carbocycles. The highest BCUT2D eigenvalue weighted by molar-refractivity contribution is 9.10. The van der Waals surface area contributed by atoms with Crippen LogP contribution in [0.3, 0.4) is 0 Å². The van der Waals surface area contributed by atoms with E-state index in [1.54, 1.807) is 0 Å². The zero-order valence-corrected chi connectivity index (χ0v) is 8.97. The molecule has 1 aromatic carbocycles. The third-order valence-corrected chi connectivity index (χ3v) is 2.54. The lowest BCUT2D eigenvalue weighted by Crippen LogP contribution is -2.22. The molecular weight excluding hydrogens is 267 g/mol. The average Bonchev–Trinajstić information content (AvgIpc) is 2.50. The van der Waals surface area contributed by atoms with Crippen LogP contribution in [0.4, 0.5) is 9.18 Å². The number of imide groups is 1. The Morgan fingerprint density at radius 3 is 2.67 bits per heavy atom. The van der Waals surface area contributed by atoms with Crippen molar-refractivity contribution in [1.29, 1.82) is 0 Å². The van der Waals surface area contributed by atoms with Gasteiger partial charge < -0.3 is 5.32 Å². The first-order valence-electron chi connectivity index (χ1n) is 4.14. The van der Waals surface area contributed by atoms with Crippen LogP contribution in [0, 0.1) is 5.82 Å². The third-order valence-electron chi connectivity index (χ3n) is 2.04. The van der Waals surface area contributed by atoms with Crippen molar-refractivity contribution in [2.45, 2.75) is 6.04 Å². The van der Waals surface area contributed by atoms with Gasteiger partial charge in [-0.1, -0.05) is 15.9 Å². The van der Waals surface area contributed by atoms with Crippen molar-refractivity contribution < 1.29 is 14.0 Å². The molecule has 1 aliphatic rings. The van der Waals surface area contributed by atoms with Gasteiger partial charge in [-0.15, -0.1) is 0 Å². The lowest BCUT2D eigenvalue weighted by atomic mass is 10.1. The van der Waals surface area contributed by atoms with Gasteiger partial charge in [-0.3, -0.25) is 10.1 Å². The van der Waals surface area contributed by atoms with Crippen LogP contribution in [0.1, 0.15) is 11.6 Å². The molecule has 15 heavy (non-hydrogen) atoms. The minimum absolute atomic E-state index is 0.146. The molecule has 1 aliphatic heterocycles. The van der Waals surface area contributed by atoms with Gasteiger partial charge in [0.2, 0.25) is 0 Å². The number of urea groups is 1. The summed E-state index contributed by atoms with van der Waals surface area (Å²) in [7, 11) is 0. The number of amides is 3. The van der Waals surface area contributed by atoms with Crippen molar-refractivity contribution in [2.75, 3.05) is 0 Å². The van der Waals surface area contributed by atoms with Crippen molar-refractivity contribution in [3.63, 3.8) is 0 Å². The summed E-state index contributed by atoms with van der Waals surface area (Å²) in [5.41, 5.74) is 0.146. The van der Waals surface area contributed by atoms with Crippen LogP contribution >= 0.6 is 15.9 Å². The summed E-state index contributed by atoms with van der Waals surface area (Å²) in [6.07, 6.45) is 0. The van der Waals surface area contributed by atoms with E-state index in [-0.39, 0.29) is 5.56 Å². The number of halogens is 2. The van der Waals surface area contributed by atoms with Gasteiger partial charge in [0.15, 0.2) is 0 Å². The van der Waals surface area contributed by atoms with Crippen LogP contribution in [-0.4, -0.2) is 11.9 Å². The Bertz CT molecular complexity index is 450. The van der Waals surface area contributed by atoms with E-state index in [2.05, 4.69) is 21.2 Å². The SMILES string of the molecule is O=C1NC(=O)[C@@H](c2cc(Br)ccc2F)N1. The Labute approximate surface area is 93.0 Å². The van der Waals surface area contributed by atoms with Crippen molar-refractivity contribution in [2.24, 2.45) is 0 Å². The zero-order chi connectivity index (χ0) is 11.0. The van der Waals surface area contributed by atoms with Crippen molar-refractivity contribution in [3.05, 3.63) is 34.1 Å². The normalized spacial score (nSPS) is 20.0. The summed E-state index contributed by atoms with van der Waals surface area (Å²) in [5.74, 6) is -1.07. The molecule has 78 valence electrons. The van der Waals surface area contributed by atoms with Crippen LogP contribution < -0.4 is 10.6 Å². The van der Waals surface area contributed by atoms with E-state index in [0.29, 0.717) is 4.47 Å². The van der Waals surface area contributed by atoms with E-state index in [4.69, 9.17) is 0 Å². The molecule has 0 unspecified atom stereocenters. The van der Waals surface area contributed by atoms with Gasteiger partial charge in [0.1, 0.15) is 11.9 Å². The highest BCUT2D eigenvalue weighted by Crippen LogP contribution is 2.23.